The van der Waals surface area contributed by atoms with Crippen molar-refractivity contribution in [3.8, 4) is 5.88 Å². The molecule has 16 heavy (non-hydrogen) atoms. The molecule has 0 aliphatic carbocycles. The molecule has 3 heteroatoms. The maximum atomic E-state index is 6.10. The first-order valence-corrected chi connectivity index (χ1v) is 5.25. The minimum atomic E-state index is -0.456. The van der Waals surface area contributed by atoms with Gasteiger partial charge in [0.05, 0.1) is 12.6 Å². The summed E-state index contributed by atoms with van der Waals surface area (Å²) in [5.41, 5.74) is 7.50. The van der Waals surface area contributed by atoms with Gasteiger partial charge in [-0.1, -0.05) is 18.2 Å². The SMILES string of the molecule is COc1nc2ccccc2cc1C(C)(C)N. The number of methoxy groups -OCH3 is 1. The van der Waals surface area contributed by atoms with Crippen LogP contribution < -0.4 is 10.5 Å². The summed E-state index contributed by atoms with van der Waals surface area (Å²) in [5.74, 6) is 0.603. The predicted molar refractivity (Wildman–Crippen MR) is 65.5 cm³/mol. The maximum absolute atomic E-state index is 6.10. The molecule has 2 rings (SSSR count). The lowest BCUT2D eigenvalue weighted by Crippen LogP contribution is -2.29. The van der Waals surface area contributed by atoms with E-state index < -0.39 is 5.54 Å². The van der Waals surface area contributed by atoms with Crippen molar-refractivity contribution in [2.45, 2.75) is 19.4 Å². The molecule has 0 atom stereocenters. The summed E-state index contributed by atoms with van der Waals surface area (Å²) in [6.07, 6.45) is 0. The lowest BCUT2D eigenvalue weighted by atomic mass is 9.95. The summed E-state index contributed by atoms with van der Waals surface area (Å²) >= 11 is 0. The number of ether oxygens (including phenoxy) is 1. The van der Waals surface area contributed by atoms with Crippen LogP contribution in [0.25, 0.3) is 10.9 Å². The first-order valence-electron chi connectivity index (χ1n) is 5.25. The van der Waals surface area contributed by atoms with Crippen LogP contribution in [0, 0.1) is 0 Å². The molecule has 0 saturated carbocycles. The minimum absolute atomic E-state index is 0.456. The topological polar surface area (TPSA) is 48.1 Å². The highest BCUT2D eigenvalue weighted by Gasteiger charge is 2.20. The Morgan fingerprint density at radius 2 is 1.94 bits per heavy atom. The molecule has 0 aliphatic heterocycles. The first kappa shape index (κ1) is 10.9. The Morgan fingerprint density at radius 3 is 2.56 bits per heavy atom. The molecule has 0 spiro atoms. The van der Waals surface area contributed by atoms with E-state index in [-0.39, 0.29) is 0 Å². The molecule has 84 valence electrons. The van der Waals surface area contributed by atoms with Gasteiger partial charge in [0, 0.05) is 16.5 Å². The Morgan fingerprint density at radius 1 is 1.25 bits per heavy atom. The molecule has 1 aromatic carbocycles. The average Bonchev–Trinajstić information content (AvgIpc) is 2.26. The summed E-state index contributed by atoms with van der Waals surface area (Å²) < 4.78 is 5.29. The number of nitrogens with zero attached hydrogens (tertiary/aromatic N) is 1. The van der Waals surface area contributed by atoms with E-state index in [0.717, 1.165) is 16.5 Å². The number of aromatic nitrogens is 1. The van der Waals surface area contributed by atoms with E-state index in [9.17, 15) is 0 Å². The fraction of sp³-hybridized carbons (Fsp3) is 0.308. The van der Waals surface area contributed by atoms with Crippen molar-refractivity contribution in [3.05, 3.63) is 35.9 Å². The Bertz CT molecular complexity index is 515. The fourth-order valence-electron chi connectivity index (χ4n) is 1.72. The summed E-state index contributed by atoms with van der Waals surface area (Å²) in [6, 6.07) is 9.98. The zero-order valence-electron chi connectivity index (χ0n) is 9.82. The third-order valence-electron chi connectivity index (χ3n) is 2.58. The number of rotatable bonds is 2. The number of para-hydroxylation sites is 1. The first-order chi connectivity index (χ1) is 7.52. The van der Waals surface area contributed by atoms with Crippen molar-refractivity contribution in [2.75, 3.05) is 7.11 Å². The molecule has 3 nitrogen and oxygen atoms in total. The van der Waals surface area contributed by atoms with E-state index in [1.54, 1.807) is 7.11 Å². The lowest BCUT2D eigenvalue weighted by Gasteiger charge is -2.21. The van der Waals surface area contributed by atoms with Gasteiger partial charge in [0.2, 0.25) is 5.88 Å². The van der Waals surface area contributed by atoms with Gasteiger partial charge in [0.1, 0.15) is 0 Å². The lowest BCUT2D eigenvalue weighted by molar-refractivity contribution is 0.380. The zero-order valence-corrected chi connectivity index (χ0v) is 9.82. The summed E-state index contributed by atoms with van der Waals surface area (Å²) in [6.45, 7) is 3.89. The van der Waals surface area contributed by atoms with Gasteiger partial charge in [-0.2, -0.15) is 0 Å². The van der Waals surface area contributed by atoms with Crippen LogP contribution >= 0.6 is 0 Å². The molecule has 1 aromatic heterocycles. The van der Waals surface area contributed by atoms with E-state index in [1.807, 2.05) is 44.2 Å². The Hall–Kier alpha value is -1.61. The predicted octanol–water partition coefficient (Wildman–Crippen LogP) is 2.44. The summed E-state index contributed by atoms with van der Waals surface area (Å²) in [7, 11) is 1.62. The molecular formula is C13H16N2O. The van der Waals surface area contributed by atoms with E-state index in [4.69, 9.17) is 10.5 Å². The molecule has 1 heterocycles. The van der Waals surface area contributed by atoms with Gasteiger partial charge in [0.25, 0.3) is 0 Å². The second kappa shape index (κ2) is 3.76. The standard InChI is InChI=1S/C13H16N2O/c1-13(2,14)10-8-9-6-4-5-7-11(9)15-12(10)16-3/h4-8H,14H2,1-3H3. The highest BCUT2D eigenvalue weighted by molar-refractivity contribution is 5.80. The number of nitrogens with two attached hydrogens (primary N) is 1. The minimum Gasteiger partial charge on any atom is -0.481 e. The van der Waals surface area contributed by atoms with Crippen LogP contribution in [-0.4, -0.2) is 12.1 Å². The van der Waals surface area contributed by atoms with Gasteiger partial charge in [0.15, 0.2) is 0 Å². The number of pyridine rings is 1. The largest absolute Gasteiger partial charge is 0.481 e. The van der Waals surface area contributed by atoms with Crippen molar-refractivity contribution >= 4 is 10.9 Å². The van der Waals surface area contributed by atoms with Gasteiger partial charge in [-0.05, 0) is 26.0 Å². The zero-order chi connectivity index (χ0) is 11.8. The van der Waals surface area contributed by atoms with E-state index >= 15 is 0 Å². The van der Waals surface area contributed by atoms with Crippen LogP contribution in [0.3, 0.4) is 0 Å². The smallest absolute Gasteiger partial charge is 0.218 e. The van der Waals surface area contributed by atoms with E-state index in [2.05, 4.69) is 4.98 Å². The Kier molecular flexibility index (Phi) is 2.56. The molecule has 0 unspecified atom stereocenters. The van der Waals surface area contributed by atoms with Crippen LogP contribution in [-0.2, 0) is 5.54 Å². The fourth-order valence-corrected chi connectivity index (χ4v) is 1.72. The molecule has 2 N–H and O–H groups in total. The van der Waals surface area contributed by atoms with Crippen LogP contribution in [0.1, 0.15) is 19.4 Å². The summed E-state index contributed by atoms with van der Waals surface area (Å²) in [4.78, 5) is 4.46. The molecule has 2 aromatic rings. The molecule has 0 bridgehead atoms. The number of hydrogen-bond donors (Lipinski definition) is 1. The molecule has 0 amide bonds. The molecule has 0 fully saturated rings. The van der Waals surface area contributed by atoms with Crippen molar-refractivity contribution in [2.24, 2.45) is 5.73 Å². The van der Waals surface area contributed by atoms with Crippen LogP contribution in [0.15, 0.2) is 30.3 Å². The third-order valence-corrected chi connectivity index (χ3v) is 2.58. The molecule has 0 saturated heterocycles. The number of hydrogen-bond acceptors (Lipinski definition) is 3. The average molecular weight is 216 g/mol. The van der Waals surface area contributed by atoms with Gasteiger partial charge >= 0.3 is 0 Å². The van der Waals surface area contributed by atoms with Crippen molar-refractivity contribution in [1.29, 1.82) is 0 Å². The molecule has 0 radical (unpaired) electrons. The van der Waals surface area contributed by atoms with Crippen molar-refractivity contribution in [3.63, 3.8) is 0 Å². The van der Waals surface area contributed by atoms with Gasteiger partial charge in [-0.25, -0.2) is 4.98 Å². The normalized spacial score (nSPS) is 11.8. The monoisotopic (exact) mass is 216 g/mol. The van der Waals surface area contributed by atoms with Crippen LogP contribution in [0.2, 0.25) is 0 Å². The Labute approximate surface area is 95.2 Å². The second-order valence-electron chi connectivity index (χ2n) is 4.46. The van der Waals surface area contributed by atoms with Crippen molar-refractivity contribution < 1.29 is 4.74 Å². The molecule has 0 aliphatic rings. The third kappa shape index (κ3) is 1.86. The van der Waals surface area contributed by atoms with Crippen LogP contribution in [0.5, 0.6) is 5.88 Å². The second-order valence-corrected chi connectivity index (χ2v) is 4.46. The number of benzene rings is 1. The Balaban J connectivity index is 2.73. The van der Waals surface area contributed by atoms with Gasteiger partial charge in [-0.15, -0.1) is 0 Å². The van der Waals surface area contributed by atoms with Crippen LogP contribution in [0.4, 0.5) is 0 Å². The van der Waals surface area contributed by atoms with E-state index in [0.29, 0.717) is 5.88 Å². The number of fused-ring (bicyclic) bond motifs is 1. The highest BCUT2D eigenvalue weighted by Crippen LogP contribution is 2.29. The summed E-state index contributed by atoms with van der Waals surface area (Å²) in [5, 5.41) is 1.08. The van der Waals surface area contributed by atoms with Crippen molar-refractivity contribution in [1.82, 2.24) is 4.98 Å². The van der Waals surface area contributed by atoms with E-state index in [1.165, 1.54) is 0 Å². The van der Waals surface area contributed by atoms with Gasteiger partial charge < -0.3 is 10.5 Å². The highest BCUT2D eigenvalue weighted by atomic mass is 16.5. The van der Waals surface area contributed by atoms with Gasteiger partial charge in [-0.3, -0.25) is 0 Å². The quantitative estimate of drug-likeness (QED) is 0.838. The molecular weight excluding hydrogens is 200 g/mol. The maximum Gasteiger partial charge on any atom is 0.218 e.